The van der Waals surface area contributed by atoms with E-state index in [0.717, 1.165) is 12.1 Å². The van der Waals surface area contributed by atoms with Gasteiger partial charge < -0.3 is 10.6 Å². The number of carbonyl (C=O) groups excluding carboxylic acids is 1. The van der Waals surface area contributed by atoms with Crippen LogP contribution in [0.5, 0.6) is 0 Å². The van der Waals surface area contributed by atoms with Crippen molar-refractivity contribution in [1.82, 2.24) is 15.4 Å². The lowest BCUT2D eigenvalue weighted by Crippen LogP contribution is -2.36. The van der Waals surface area contributed by atoms with Gasteiger partial charge in [-0.1, -0.05) is 24.3 Å². The number of hydrogen-bond donors (Lipinski definition) is 3. The third kappa shape index (κ3) is 5.70. The first-order valence-corrected chi connectivity index (χ1v) is 9.75. The lowest BCUT2D eigenvalue weighted by molar-refractivity contribution is -0.137. The number of nitrogens with one attached hydrogen (secondary N) is 3. The Hall–Kier alpha value is -2.59. The van der Waals surface area contributed by atoms with E-state index < -0.39 is 33.8 Å². The van der Waals surface area contributed by atoms with Crippen LogP contribution in [0, 0.1) is 0 Å². The van der Waals surface area contributed by atoms with Crippen LogP contribution >= 0.6 is 0 Å². The van der Waals surface area contributed by atoms with Gasteiger partial charge in [-0.3, -0.25) is 0 Å². The molecule has 6 nitrogen and oxygen atoms in total. The molecule has 0 heterocycles. The van der Waals surface area contributed by atoms with Crippen molar-refractivity contribution in [2.45, 2.75) is 30.6 Å². The zero-order chi connectivity index (χ0) is 20.9. The fraction of sp³-hybridized carbons (Fsp3) is 0.278. The molecule has 2 aromatic rings. The van der Waals surface area contributed by atoms with E-state index >= 15 is 0 Å². The molecule has 0 aliphatic carbocycles. The summed E-state index contributed by atoms with van der Waals surface area (Å²) in [4.78, 5) is 12.1. The molecule has 0 saturated heterocycles. The molecular formula is C18H20F3N3O3S. The van der Waals surface area contributed by atoms with E-state index in [9.17, 15) is 26.4 Å². The van der Waals surface area contributed by atoms with Gasteiger partial charge >= 0.3 is 12.2 Å². The van der Waals surface area contributed by atoms with Gasteiger partial charge in [-0.25, -0.2) is 17.9 Å². The summed E-state index contributed by atoms with van der Waals surface area (Å²) in [5.74, 6) is 0. The molecule has 2 aromatic carbocycles. The maximum Gasteiger partial charge on any atom is 0.416 e. The summed E-state index contributed by atoms with van der Waals surface area (Å²) >= 11 is 0. The Morgan fingerprint density at radius 2 is 1.79 bits per heavy atom. The first-order chi connectivity index (χ1) is 13.0. The second-order valence-electron chi connectivity index (χ2n) is 6.03. The summed E-state index contributed by atoms with van der Waals surface area (Å²) in [6, 6.07) is 9.64. The molecule has 0 aliphatic rings. The normalized spacial score (nSPS) is 13.0. The van der Waals surface area contributed by atoms with Crippen LogP contribution in [0.1, 0.15) is 29.7 Å². The molecule has 0 spiro atoms. The number of halogens is 3. The number of urea groups is 1. The molecule has 2 rings (SSSR count). The van der Waals surface area contributed by atoms with E-state index in [1.807, 2.05) is 0 Å². The van der Waals surface area contributed by atoms with Gasteiger partial charge in [0.2, 0.25) is 10.0 Å². The molecule has 1 atom stereocenters. The minimum absolute atomic E-state index is 0.0607. The second-order valence-corrected chi connectivity index (χ2v) is 7.91. The van der Waals surface area contributed by atoms with E-state index in [2.05, 4.69) is 15.4 Å². The fourth-order valence-corrected chi connectivity index (χ4v) is 3.22. The lowest BCUT2D eigenvalue weighted by atomic mass is 10.1. The largest absolute Gasteiger partial charge is 0.416 e. The van der Waals surface area contributed by atoms with Crippen LogP contribution in [0.2, 0.25) is 0 Å². The molecule has 28 heavy (non-hydrogen) atoms. The van der Waals surface area contributed by atoms with Crippen molar-refractivity contribution in [2.75, 3.05) is 7.05 Å². The Labute approximate surface area is 161 Å². The first-order valence-electron chi connectivity index (χ1n) is 8.27. The van der Waals surface area contributed by atoms with Gasteiger partial charge in [-0.2, -0.15) is 13.2 Å². The Kier molecular flexibility index (Phi) is 6.68. The molecule has 0 radical (unpaired) electrons. The Morgan fingerprint density at radius 1 is 1.11 bits per heavy atom. The second kappa shape index (κ2) is 8.61. The van der Waals surface area contributed by atoms with E-state index in [1.54, 1.807) is 19.1 Å². The summed E-state index contributed by atoms with van der Waals surface area (Å²) < 4.78 is 64.1. The highest BCUT2D eigenvalue weighted by atomic mass is 32.2. The van der Waals surface area contributed by atoms with Crippen molar-refractivity contribution in [3.05, 3.63) is 65.2 Å². The van der Waals surface area contributed by atoms with Gasteiger partial charge in [-0.05, 0) is 49.4 Å². The molecule has 0 bridgehead atoms. The molecule has 0 fully saturated rings. The van der Waals surface area contributed by atoms with Crippen molar-refractivity contribution in [3.63, 3.8) is 0 Å². The number of alkyl halides is 3. The number of rotatable bonds is 6. The maximum absolute atomic E-state index is 12.7. The molecule has 1 unspecified atom stereocenters. The Balaban J connectivity index is 1.99. The van der Waals surface area contributed by atoms with Crippen molar-refractivity contribution >= 4 is 16.1 Å². The van der Waals surface area contributed by atoms with Crippen LogP contribution < -0.4 is 15.4 Å². The minimum Gasteiger partial charge on any atom is -0.334 e. The van der Waals surface area contributed by atoms with Gasteiger partial charge in [0.1, 0.15) is 0 Å². The highest BCUT2D eigenvalue weighted by molar-refractivity contribution is 7.89. The minimum atomic E-state index is -4.45. The molecule has 10 heteroatoms. The Bertz CT molecular complexity index is 946. The van der Waals surface area contributed by atoms with Crippen LogP contribution in [-0.2, 0) is 22.7 Å². The van der Waals surface area contributed by atoms with Crippen LogP contribution in [0.15, 0.2) is 53.4 Å². The van der Waals surface area contributed by atoms with Crippen molar-refractivity contribution in [1.29, 1.82) is 0 Å². The van der Waals surface area contributed by atoms with Gasteiger partial charge in [-0.15, -0.1) is 0 Å². The smallest absolute Gasteiger partial charge is 0.334 e. The van der Waals surface area contributed by atoms with Crippen molar-refractivity contribution < 1.29 is 26.4 Å². The quantitative estimate of drug-likeness (QED) is 0.677. The van der Waals surface area contributed by atoms with Gasteiger partial charge in [0, 0.05) is 6.54 Å². The number of amides is 2. The molecule has 152 valence electrons. The average molecular weight is 415 g/mol. The van der Waals surface area contributed by atoms with E-state index in [-0.39, 0.29) is 11.4 Å². The predicted molar refractivity (Wildman–Crippen MR) is 97.9 cm³/mol. The first kappa shape index (κ1) is 21.7. The maximum atomic E-state index is 12.7. The van der Waals surface area contributed by atoms with Gasteiger partial charge in [0.05, 0.1) is 16.5 Å². The molecule has 0 saturated carbocycles. The summed E-state index contributed by atoms with van der Waals surface area (Å²) in [7, 11) is -2.32. The molecule has 3 N–H and O–H groups in total. The molecule has 0 aliphatic heterocycles. The summed E-state index contributed by atoms with van der Waals surface area (Å²) in [5, 5.41) is 5.11. The van der Waals surface area contributed by atoms with Gasteiger partial charge in [0.15, 0.2) is 0 Å². The molecule has 2 amide bonds. The lowest BCUT2D eigenvalue weighted by Gasteiger charge is -2.16. The SMILES string of the molecule is CNS(=O)(=O)c1cccc(C(C)NC(=O)NCc2cccc(C(F)(F)F)c2)c1. The third-order valence-corrected chi connectivity index (χ3v) is 5.40. The van der Waals surface area contributed by atoms with Crippen LogP contribution in [0.3, 0.4) is 0 Å². The van der Waals surface area contributed by atoms with Crippen molar-refractivity contribution in [3.8, 4) is 0 Å². The zero-order valence-corrected chi connectivity index (χ0v) is 16.0. The number of carbonyl (C=O) groups is 1. The highest BCUT2D eigenvalue weighted by Crippen LogP contribution is 2.29. The summed E-state index contributed by atoms with van der Waals surface area (Å²) in [6.07, 6.45) is -4.45. The van der Waals surface area contributed by atoms with E-state index in [1.165, 1.54) is 31.3 Å². The standard InChI is InChI=1S/C18H20F3N3O3S/c1-12(14-6-4-8-16(10-14)28(26,27)22-2)24-17(25)23-11-13-5-3-7-15(9-13)18(19,20)21/h3-10,12,22H,11H2,1-2H3,(H2,23,24,25). The van der Waals surface area contributed by atoms with E-state index in [0.29, 0.717) is 11.1 Å². The zero-order valence-electron chi connectivity index (χ0n) is 15.2. The van der Waals surface area contributed by atoms with Crippen LogP contribution in [-0.4, -0.2) is 21.5 Å². The van der Waals surface area contributed by atoms with Gasteiger partial charge in [0.25, 0.3) is 0 Å². The predicted octanol–water partition coefficient (Wildman–Crippen LogP) is 3.17. The number of benzene rings is 2. The van der Waals surface area contributed by atoms with Crippen LogP contribution in [0.4, 0.5) is 18.0 Å². The summed E-state index contributed by atoms with van der Waals surface area (Å²) in [6.45, 7) is 1.58. The number of sulfonamides is 1. The highest BCUT2D eigenvalue weighted by Gasteiger charge is 2.30. The molecular weight excluding hydrogens is 395 g/mol. The Morgan fingerprint density at radius 3 is 2.43 bits per heavy atom. The average Bonchev–Trinajstić information content (AvgIpc) is 2.66. The van der Waals surface area contributed by atoms with E-state index in [4.69, 9.17) is 0 Å². The third-order valence-electron chi connectivity index (χ3n) is 3.99. The summed E-state index contributed by atoms with van der Waals surface area (Å²) in [5.41, 5.74) is 0.0772. The van der Waals surface area contributed by atoms with Crippen molar-refractivity contribution in [2.24, 2.45) is 0 Å². The monoisotopic (exact) mass is 415 g/mol. The number of hydrogen-bond acceptors (Lipinski definition) is 3. The molecule has 0 aromatic heterocycles. The topological polar surface area (TPSA) is 87.3 Å². The fourth-order valence-electron chi connectivity index (χ4n) is 2.44. The van der Waals surface area contributed by atoms with Crippen LogP contribution in [0.25, 0.3) is 0 Å².